The second-order valence-electron chi connectivity index (χ2n) is 5.95. The number of rotatable bonds is 3. The van der Waals surface area contributed by atoms with Crippen molar-refractivity contribution in [2.75, 3.05) is 19.6 Å². The normalized spacial score (nSPS) is 17.5. The van der Waals surface area contributed by atoms with Crippen LogP contribution in [0.1, 0.15) is 11.6 Å². The molecule has 1 saturated heterocycles. The Morgan fingerprint density at radius 3 is 2.80 bits per heavy atom. The number of carbonyl (C=O) groups is 1. The number of nitrogens with zero attached hydrogens (tertiary/aromatic N) is 3. The Bertz CT molecular complexity index is 905. The summed E-state index contributed by atoms with van der Waals surface area (Å²) in [5, 5.41) is 3.88. The molecule has 3 rings (SSSR count). The molecule has 132 valence electrons. The Kier molecular flexibility index (Phi) is 5.06. The molecular formula is C17H19ClN4O3. The minimum Gasteiger partial charge on any atom is -0.331 e. The summed E-state index contributed by atoms with van der Waals surface area (Å²) < 4.78 is 2.23. The van der Waals surface area contributed by atoms with Gasteiger partial charge in [0.25, 0.3) is 5.56 Å². The van der Waals surface area contributed by atoms with Gasteiger partial charge >= 0.3 is 5.69 Å². The zero-order chi connectivity index (χ0) is 18.0. The van der Waals surface area contributed by atoms with Gasteiger partial charge in [0.1, 0.15) is 6.54 Å². The molecule has 0 saturated carbocycles. The van der Waals surface area contributed by atoms with Crippen molar-refractivity contribution in [1.29, 1.82) is 0 Å². The number of nitrogens with one attached hydrogen (secondary N) is 1. The van der Waals surface area contributed by atoms with Crippen LogP contribution in [0.5, 0.6) is 0 Å². The predicted octanol–water partition coefficient (Wildman–Crippen LogP) is 0.374. The fourth-order valence-electron chi connectivity index (χ4n) is 3.00. The third-order valence-corrected chi connectivity index (χ3v) is 4.74. The maximum absolute atomic E-state index is 12.8. The molecule has 1 aromatic heterocycles. The van der Waals surface area contributed by atoms with E-state index in [1.807, 2.05) is 18.2 Å². The highest BCUT2D eigenvalue weighted by atomic mass is 35.5. The second kappa shape index (κ2) is 7.25. The van der Waals surface area contributed by atoms with E-state index in [2.05, 4.69) is 5.32 Å². The van der Waals surface area contributed by atoms with Gasteiger partial charge in [0.15, 0.2) is 0 Å². The topological polar surface area (TPSA) is 76.3 Å². The molecule has 1 aliphatic rings. The summed E-state index contributed by atoms with van der Waals surface area (Å²) in [4.78, 5) is 38.2. The van der Waals surface area contributed by atoms with E-state index in [1.54, 1.807) is 11.0 Å². The highest BCUT2D eigenvalue weighted by Gasteiger charge is 2.29. The lowest BCUT2D eigenvalue weighted by Gasteiger charge is -2.37. The molecule has 2 heterocycles. The van der Waals surface area contributed by atoms with Crippen molar-refractivity contribution in [3.05, 3.63) is 68.0 Å². The summed E-state index contributed by atoms with van der Waals surface area (Å²) in [6, 6.07) is 8.51. The van der Waals surface area contributed by atoms with E-state index in [-0.39, 0.29) is 18.5 Å². The molecule has 25 heavy (non-hydrogen) atoms. The number of hydrogen-bond donors (Lipinski definition) is 1. The molecule has 1 aromatic carbocycles. The van der Waals surface area contributed by atoms with Gasteiger partial charge in [-0.1, -0.05) is 29.8 Å². The van der Waals surface area contributed by atoms with Gasteiger partial charge in [-0.2, -0.15) is 0 Å². The molecule has 0 aliphatic carbocycles. The molecule has 0 radical (unpaired) electrons. The lowest BCUT2D eigenvalue weighted by atomic mass is 10.0. The van der Waals surface area contributed by atoms with E-state index in [0.29, 0.717) is 24.7 Å². The van der Waals surface area contributed by atoms with E-state index in [4.69, 9.17) is 11.6 Å². The Morgan fingerprint density at radius 2 is 2.04 bits per heavy atom. The van der Waals surface area contributed by atoms with E-state index in [1.165, 1.54) is 23.9 Å². The number of amides is 1. The standard InChI is InChI=1S/C17H19ClN4O3/c1-20-15(23)6-8-21(17(20)25)11-16(24)22-9-7-19-10-14(22)12-4-2-3-5-13(12)18/h2-6,8,14,19H,7,9-11H2,1H3. The van der Waals surface area contributed by atoms with Gasteiger partial charge in [0.05, 0.1) is 6.04 Å². The Labute approximate surface area is 149 Å². The molecule has 1 unspecified atom stereocenters. The Hall–Kier alpha value is -2.38. The zero-order valence-corrected chi connectivity index (χ0v) is 14.6. The third kappa shape index (κ3) is 3.52. The van der Waals surface area contributed by atoms with Crippen molar-refractivity contribution in [2.24, 2.45) is 7.05 Å². The van der Waals surface area contributed by atoms with Crippen molar-refractivity contribution in [1.82, 2.24) is 19.4 Å². The fourth-order valence-corrected chi connectivity index (χ4v) is 3.26. The summed E-state index contributed by atoms with van der Waals surface area (Å²) >= 11 is 6.29. The van der Waals surface area contributed by atoms with E-state index >= 15 is 0 Å². The first-order chi connectivity index (χ1) is 12.0. The molecular weight excluding hydrogens is 344 g/mol. The smallest absolute Gasteiger partial charge is 0.331 e. The largest absolute Gasteiger partial charge is 0.331 e. The maximum atomic E-state index is 12.8. The van der Waals surface area contributed by atoms with Crippen molar-refractivity contribution in [2.45, 2.75) is 12.6 Å². The van der Waals surface area contributed by atoms with E-state index in [9.17, 15) is 14.4 Å². The van der Waals surface area contributed by atoms with Crippen molar-refractivity contribution < 1.29 is 4.79 Å². The van der Waals surface area contributed by atoms with Crippen LogP contribution in [0, 0.1) is 0 Å². The Morgan fingerprint density at radius 1 is 1.28 bits per heavy atom. The van der Waals surface area contributed by atoms with Crippen LogP contribution in [0.4, 0.5) is 0 Å². The molecule has 8 heteroatoms. The van der Waals surface area contributed by atoms with Gasteiger partial charge in [0.2, 0.25) is 5.91 Å². The van der Waals surface area contributed by atoms with Crippen LogP contribution in [-0.4, -0.2) is 39.6 Å². The van der Waals surface area contributed by atoms with Gasteiger partial charge in [-0.15, -0.1) is 0 Å². The first kappa shape index (κ1) is 17.4. The maximum Gasteiger partial charge on any atom is 0.331 e. The quantitative estimate of drug-likeness (QED) is 0.856. The molecule has 0 bridgehead atoms. The fraction of sp³-hybridized carbons (Fsp3) is 0.353. The number of benzene rings is 1. The van der Waals surface area contributed by atoms with Crippen LogP contribution in [-0.2, 0) is 18.4 Å². The van der Waals surface area contributed by atoms with Crippen LogP contribution in [0.2, 0.25) is 5.02 Å². The SMILES string of the molecule is Cn1c(=O)ccn(CC(=O)N2CCNCC2c2ccccc2Cl)c1=O. The average molecular weight is 363 g/mol. The summed E-state index contributed by atoms with van der Waals surface area (Å²) in [5.41, 5.74) is -0.0346. The summed E-state index contributed by atoms with van der Waals surface area (Å²) in [7, 11) is 1.39. The first-order valence-electron chi connectivity index (χ1n) is 8.00. The van der Waals surface area contributed by atoms with Crippen molar-refractivity contribution in [3.63, 3.8) is 0 Å². The van der Waals surface area contributed by atoms with Crippen molar-refractivity contribution >= 4 is 17.5 Å². The number of hydrogen-bond acceptors (Lipinski definition) is 4. The number of carbonyl (C=O) groups excluding carboxylic acids is 1. The van der Waals surface area contributed by atoms with Gasteiger partial charge in [0, 0.05) is 44.0 Å². The molecule has 1 N–H and O–H groups in total. The number of halogens is 1. The second-order valence-corrected chi connectivity index (χ2v) is 6.36. The summed E-state index contributed by atoms with van der Waals surface area (Å²) in [6.07, 6.45) is 1.36. The summed E-state index contributed by atoms with van der Waals surface area (Å²) in [6.45, 7) is 1.68. The molecule has 0 spiro atoms. The van der Waals surface area contributed by atoms with Gasteiger partial charge in [-0.3, -0.25) is 18.7 Å². The van der Waals surface area contributed by atoms with Gasteiger partial charge < -0.3 is 10.2 Å². The zero-order valence-electron chi connectivity index (χ0n) is 13.8. The minimum absolute atomic E-state index is 0.117. The molecule has 1 aliphatic heterocycles. The van der Waals surface area contributed by atoms with Crippen LogP contribution in [0.15, 0.2) is 46.1 Å². The lowest BCUT2D eigenvalue weighted by Crippen LogP contribution is -2.50. The van der Waals surface area contributed by atoms with Crippen molar-refractivity contribution in [3.8, 4) is 0 Å². The van der Waals surface area contributed by atoms with E-state index < -0.39 is 11.2 Å². The Balaban J connectivity index is 1.87. The van der Waals surface area contributed by atoms with Crippen LogP contribution in [0.25, 0.3) is 0 Å². The minimum atomic E-state index is -0.509. The molecule has 2 aromatic rings. The molecule has 1 fully saturated rings. The molecule has 1 amide bonds. The highest BCUT2D eigenvalue weighted by molar-refractivity contribution is 6.31. The monoisotopic (exact) mass is 362 g/mol. The molecule has 7 nitrogen and oxygen atoms in total. The summed E-state index contributed by atoms with van der Waals surface area (Å²) in [5.74, 6) is -0.188. The van der Waals surface area contributed by atoms with Gasteiger partial charge in [-0.25, -0.2) is 4.79 Å². The third-order valence-electron chi connectivity index (χ3n) is 4.39. The first-order valence-corrected chi connectivity index (χ1v) is 8.38. The lowest BCUT2D eigenvalue weighted by molar-refractivity contribution is -0.135. The molecule has 1 atom stereocenters. The number of piperazine rings is 1. The van der Waals surface area contributed by atoms with Crippen LogP contribution in [0.3, 0.4) is 0 Å². The predicted molar refractivity (Wildman–Crippen MR) is 94.7 cm³/mol. The van der Waals surface area contributed by atoms with Crippen LogP contribution < -0.4 is 16.6 Å². The number of aromatic nitrogens is 2. The highest BCUT2D eigenvalue weighted by Crippen LogP contribution is 2.28. The van der Waals surface area contributed by atoms with Gasteiger partial charge in [-0.05, 0) is 11.6 Å². The van der Waals surface area contributed by atoms with Crippen LogP contribution >= 0.6 is 11.6 Å². The van der Waals surface area contributed by atoms with E-state index in [0.717, 1.165) is 10.1 Å². The average Bonchev–Trinajstić information content (AvgIpc) is 2.62.